The lowest BCUT2D eigenvalue weighted by Crippen LogP contribution is -2.27. The average Bonchev–Trinajstić information content (AvgIpc) is 2.69. The Kier molecular flexibility index (Phi) is 6.62. The Labute approximate surface area is 154 Å². The minimum absolute atomic E-state index is 0.0480. The molecule has 1 amide bonds. The van der Waals surface area contributed by atoms with E-state index in [1.807, 2.05) is 0 Å². The maximum atomic E-state index is 12.0. The number of carbonyl (C=O) groups excluding carboxylic acids is 1. The molecule has 0 aliphatic carbocycles. The third-order valence-electron chi connectivity index (χ3n) is 3.28. The first kappa shape index (κ1) is 19.1. The molecule has 3 N–H and O–H groups in total. The van der Waals surface area contributed by atoms with Crippen molar-refractivity contribution in [1.29, 1.82) is 5.26 Å². The summed E-state index contributed by atoms with van der Waals surface area (Å²) >= 11 is 0. The van der Waals surface area contributed by atoms with E-state index in [1.165, 1.54) is 25.5 Å². The molecule has 0 fully saturated rings. The number of carboxylic acids is 1. The molecule has 2 rings (SSSR count). The zero-order chi connectivity index (χ0) is 19.6. The fourth-order valence-corrected chi connectivity index (χ4v) is 2.00. The van der Waals surface area contributed by atoms with E-state index in [0.717, 1.165) is 0 Å². The molecule has 9 nitrogen and oxygen atoms in total. The molecule has 0 aromatic heterocycles. The van der Waals surface area contributed by atoms with E-state index in [2.05, 4.69) is 21.1 Å². The number of ether oxygens (including phenoxy) is 1. The van der Waals surface area contributed by atoms with Crippen molar-refractivity contribution >= 4 is 29.5 Å². The molecule has 0 heterocycles. The Bertz CT molecular complexity index is 947. The highest BCUT2D eigenvalue weighted by atomic mass is 16.5. The van der Waals surface area contributed by atoms with Crippen LogP contribution in [0.4, 0.5) is 5.69 Å². The van der Waals surface area contributed by atoms with Crippen molar-refractivity contribution in [2.75, 3.05) is 12.5 Å². The van der Waals surface area contributed by atoms with Crippen molar-refractivity contribution in [2.45, 2.75) is 0 Å². The van der Waals surface area contributed by atoms with Gasteiger partial charge in [-0.1, -0.05) is 24.3 Å². The van der Waals surface area contributed by atoms with E-state index in [0.29, 0.717) is 11.3 Å². The Morgan fingerprint density at radius 3 is 2.59 bits per heavy atom. The molecule has 0 aliphatic rings. The van der Waals surface area contributed by atoms with Gasteiger partial charge in [-0.2, -0.15) is 15.5 Å². The number of aromatic carboxylic acids is 1. The molecule has 0 atom stereocenters. The predicted molar refractivity (Wildman–Crippen MR) is 98.8 cm³/mol. The quantitative estimate of drug-likeness (QED) is 0.506. The van der Waals surface area contributed by atoms with E-state index in [4.69, 9.17) is 15.1 Å². The molecular weight excluding hydrogens is 350 g/mol. The van der Waals surface area contributed by atoms with Crippen LogP contribution in [0.15, 0.2) is 58.7 Å². The van der Waals surface area contributed by atoms with Gasteiger partial charge in [0.05, 0.1) is 24.6 Å². The van der Waals surface area contributed by atoms with Gasteiger partial charge in [-0.15, -0.1) is 0 Å². The maximum Gasteiger partial charge on any atom is 0.337 e. The van der Waals surface area contributed by atoms with Crippen LogP contribution in [0.1, 0.15) is 15.9 Å². The molecule has 2 aromatic rings. The van der Waals surface area contributed by atoms with Gasteiger partial charge in [-0.3, -0.25) is 10.2 Å². The molecule has 0 spiro atoms. The number of hydrazone groups is 2. The minimum Gasteiger partial charge on any atom is -0.496 e. The Balaban J connectivity index is 2.08. The summed E-state index contributed by atoms with van der Waals surface area (Å²) in [7, 11) is 1.51. The summed E-state index contributed by atoms with van der Waals surface area (Å²) < 4.78 is 5.15. The lowest BCUT2D eigenvalue weighted by atomic mass is 10.2. The highest BCUT2D eigenvalue weighted by Gasteiger charge is 2.12. The molecular formula is C18H15N5O4. The lowest BCUT2D eigenvalue weighted by Gasteiger charge is -2.05. The summed E-state index contributed by atoms with van der Waals surface area (Å²) in [6, 6.07) is 14.6. The van der Waals surface area contributed by atoms with Gasteiger partial charge in [-0.25, -0.2) is 10.2 Å². The molecule has 0 radical (unpaired) electrons. The van der Waals surface area contributed by atoms with E-state index in [-0.39, 0.29) is 11.3 Å². The number of anilines is 1. The molecule has 0 bridgehead atoms. The summed E-state index contributed by atoms with van der Waals surface area (Å²) in [4.78, 5) is 23.1. The molecule has 0 saturated carbocycles. The molecule has 0 saturated heterocycles. The summed E-state index contributed by atoms with van der Waals surface area (Å²) in [6.45, 7) is 0. The second kappa shape index (κ2) is 9.33. The van der Waals surface area contributed by atoms with Gasteiger partial charge in [0.1, 0.15) is 11.8 Å². The zero-order valence-corrected chi connectivity index (χ0v) is 14.2. The van der Waals surface area contributed by atoms with Crippen LogP contribution in [0.5, 0.6) is 5.75 Å². The average molecular weight is 365 g/mol. The number of hydrogen-bond donors (Lipinski definition) is 3. The molecule has 0 unspecified atom stereocenters. The van der Waals surface area contributed by atoms with Crippen LogP contribution >= 0.6 is 0 Å². The van der Waals surface area contributed by atoms with E-state index >= 15 is 0 Å². The number of nitrogens with one attached hydrogen (secondary N) is 2. The van der Waals surface area contributed by atoms with Crippen molar-refractivity contribution < 1.29 is 19.4 Å². The van der Waals surface area contributed by atoms with E-state index in [9.17, 15) is 9.59 Å². The second-order valence-corrected chi connectivity index (χ2v) is 4.98. The number of carbonyl (C=O) groups is 2. The Morgan fingerprint density at radius 2 is 1.89 bits per heavy atom. The van der Waals surface area contributed by atoms with E-state index < -0.39 is 17.6 Å². The van der Waals surface area contributed by atoms with Gasteiger partial charge in [-0.05, 0) is 24.3 Å². The molecule has 0 aliphatic heterocycles. The number of benzene rings is 2. The van der Waals surface area contributed by atoms with Gasteiger partial charge in [0.25, 0.3) is 0 Å². The topological polar surface area (TPSA) is 136 Å². The van der Waals surface area contributed by atoms with Crippen molar-refractivity contribution in [3.8, 4) is 11.8 Å². The Hall–Kier alpha value is -4.19. The van der Waals surface area contributed by atoms with Gasteiger partial charge in [0.15, 0.2) is 0 Å². The van der Waals surface area contributed by atoms with Crippen LogP contribution in [0, 0.1) is 11.3 Å². The molecule has 2 aromatic carbocycles. The molecule has 9 heteroatoms. The number of carboxylic acid groups (broad SMARTS) is 1. The summed E-state index contributed by atoms with van der Waals surface area (Å²) in [5, 5.41) is 25.6. The van der Waals surface area contributed by atoms with Crippen molar-refractivity contribution in [3.63, 3.8) is 0 Å². The first-order valence-electron chi connectivity index (χ1n) is 7.59. The number of rotatable bonds is 7. The number of nitrogens with zero attached hydrogens (tertiary/aromatic N) is 3. The summed E-state index contributed by atoms with van der Waals surface area (Å²) in [5.74, 6) is -1.46. The van der Waals surface area contributed by atoms with Crippen molar-refractivity contribution in [2.24, 2.45) is 10.2 Å². The van der Waals surface area contributed by atoms with Crippen molar-refractivity contribution in [1.82, 2.24) is 5.43 Å². The fraction of sp³-hybridized carbons (Fsp3) is 0.0556. The first-order valence-corrected chi connectivity index (χ1v) is 7.59. The Morgan fingerprint density at radius 1 is 1.19 bits per heavy atom. The van der Waals surface area contributed by atoms with Crippen LogP contribution in [0.3, 0.4) is 0 Å². The standard InChI is InChI=1S/C18H15N5O4/c1-27-16-9-5-2-6-12(16)11-20-23-17(24)15(10-19)22-21-14-8-4-3-7-13(14)18(25)26/h2-9,11,21H,1H3,(H,23,24)(H,25,26)/b20-11-,22-15-. The maximum absolute atomic E-state index is 12.0. The largest absolute Gasteiger partial charge is 0.496 e. The van der Waals surface area contributed by atoms with Crippen LogP contribution in [0.25, 0.3) is 0 Å². The van der Waals surface area contributed by atoms with Crippen LogP contribution in [0.2, 0.25) is 0 Å². The summed E-state index contributed by atoms with van der Waals surface area (Å²) in [6.07, 6.45) is 1.36. The van der Waals surface area contributed by atoms with Crippen LogP contribution in [-0.2, 0) is 4.79 Å². The van der Waals surface area contributed by atoms with Gasteiger partial charge < -0.3 is 9.84 Å². The number of hydrogen-bond acceptors (Lipinski definition) is 7. The van der Waals surface area contributed by atoms with Gasteiger partial charge in [0, 0.05) is 5.56 Å². The summed E-state index contributed by atoms with van der Waals surface area (Å²) in [5.41, 5.74) is 4.78. The van der Waals surface area contributed by atoms with Gasteiger partial charge in [0.2, 0.25) is 5.71 Å². The normalized spacial score (nSPS) is 10.9. The molecule has 27 heavy (non-hydrogen) atoms. The number of para-hydroxylation sites is 2. The van der Waals surface area contributed by atoms with Crippen LogP contribution in [-0.4, -0.2) is 36.0 Å². The lowest BCUT2D eigenvalue weighted by molar-refractivity contribution is -0.114. The highest BCUT2D eigenvalue weighted by molar-refractivity contribution is 6.45. The molecule has 136 valence electrons. The second-order valence-electron chi connectivity index (χ2n) is 4.98. The fourth-order valence-electron chi connectivity index (χ4n) is 2.00. The number of nitriles is 1. The van der Waals surface area contributed by atoms with Crippen LogP contribution < -0.4 is 15.6 Å². The SMILES string of the molecule is COc1ccccc1/C=N\NC(=O)/C(C#N)=N\Nc1ccccc1C(=O)O. The van der Waals surface area contributed by atoms with Gasteiger partial charge >= 0.3 is 11.9 Å². The predicted octanol–water partition coefficient (Wildman–Crippen LogP) is 1.84. The third kappa shape index (κ3) is 5.14. The van der Waals surface area contributed by atoms with E-state index in [1.54, 1.807) is 42.5 Å². The minimum atomic E-state index is -1.17. The monoisotopic (exact) mass is 365 g/mol. The smallest absolute Gasteiger partial charge is 0.337 e. The van der Waals surface area contributed by atoms with Crippen molar-refractivity contribution in [3.05, 3.63) is 59.7 Å². The highest BCUT2D eigenvalue weighted by Crippen LogP contribution is 2.15. The first-order chi connectivity index (χ1) is 13.1. The third-order valence-corrected chi connectivity index (χ3v) is 3.28. The zero-order valence-electron chi connectivity index (χ0n) is 14.2. The number of amides is 1. The number of methoxy groups -OCH3 is 1.